The van der Waals surface area contributed by atoms with Crippen LogP contribution in [0, 0.1) is 6.92 Å². The normalized spacial score (nSPS) is 11.4. The number of aromatic nitrogens is 5. The SMILES string of the molecule is CCc1ccc(-c2nc(SCc3nc4scc(-c5ccc(C)s5)c4c(=O)[nH]3)n[nH]2)cc1. The van der Waals surface area contributed by atoms with E-state index in [9.17, 15) is 4.79 Å². The lowest BCUT2D eigenvalue weighted by atomic mass is 10.1. The van der Waals surface area contributed by atoms with Crippen molar-refractivity contribution >= 4 is 44.7 Å². The minimum atomic E-state index is -0.102. The molecule has 4 aromatic heterocycles. The molecule has 0 unspecified atom stereocenters. The molecule has 0 bridgehead atoms. The van der Waals surface area contributed by atoms with Crippen molar-refractivity contribution in [1.82, 2.24) is 25.1 Å². The predicted molar refractivity (Wildman–Crippen MR) is 129 cm³/mol. The van der Waals surface area contributed by atoms with Gasteiger partial charge in [0.2, 0.25) is 5.16 Å². The van der Waals surface area contributed by atoms with E-state index >= 15 is 0 Å². The first kappa shape index (κ1) is 20.2. The number of aromatic amines is 2. The van der Waals surface area contributed by atoms with Gasteiger partial charge in [-0.1, -0.05) is 43.0 Å². The van der Waals surface area contributed by atoms with E-state index < -0.39 is 0 Å². The maximum atomic E-state index is 12.8. The summed E-state index contributed by atoms with van der Waals surface area (Å²) in [6.45, 7) is 4.20. The molecule has 4 heterocycles. The molecule has 1 aromatic carbocycles. The topological polar surface area (TPSA) is 87.3 Å². The Morgan fingerprint density at radius 1 is 1.10 bits per heavy atom. The van der Waals surface area contributed by atoms with E-state index in [0.29, 0.717) is 22.1 Å². The molecule has 0 saturated carbocycles. The molecule has 0 spiro atoms. The maximum Gasteiger partial charge on any atom is 0.260 e. The van der Waals surface area contributed by atoms with Crippen LogP contribution in [0.3, 0.4) is 0 Å². The second-order valence-electron chi connectivity index (χ2n) is 7.06. The van der Waals surface area contributed by atoms with Crippen LogP contribution in [0.2, 0.25) is 0 Å². The maximum absolute atomic E-state index is 12.8. The smallest absolute Gasteiger partial charge is 0.260 e. The average Bonchev–Trinajstić information content (AvgIpc) is 3.52. The first-order valence-corrected chi connectivity index (χ1v) is 12.5. The molecule has 0 aliphatic rings. The van der Waals surface area contributed by atoms with Gasteiger partial charge in [-0.25, -0.2) is 9.97 Å². The first-order chi connectivity index (χ1) is 15.1. The van der Waals surface area contributed by atoms with Gasteiger partial charge in [0.1, 0.15) is 10.7 Å². The minimum absolute atomic E-state index is 0.102. The van der Waals surface area contributed by atoms with Crippen LogP contribution in [0.4, 0.5) is 0 Å². The van der Waals surface area contributed by atoms with E-state index in [4.69, 9.17) is 0 Å². The van der Waals surface area contributed by atoms with Gasteiger partial charge >= 0.3 is 0 Å². The second kappa shape index (κ2) is 8.41. The van der Waals surface area contributed by atoms with E-state index in [0.717, 1.165) is 33.1 Å². The zero-order chi connectivity index (χ0) is 21.4. The molecule has 0 atom stereocenters. The van der Waals surface area contributed by atoms with Gasteiger partial charge in [-0.2, -0.15) is 0 Å². The zero-order valence-electron chi connectivity index (χ0n) is 16.9. The Labute approximate surface area is 190 Å². The number of H-pyrrole nitrogens is 2. The summed E-state index contributed by atoms with van der Waals surface area (Å²) in [5, 5.41) is 10.6. The molecule has 0 aliphatic heterocycles. The van der Waals surface area contributed by atoms with Gasteiger partial charge in [0.15, 0.2) is 5.82 Å². The number of nitrogens with zero attached hydrogens (tertiary/aromatic N) is 3. The Balaban J connectivity index is 1.34. The van der Waals surface area contributed by atoms with Crippen molar-refractivity contribution < 1.29 is 0 Å². The van der Waals surface area contributed by atoms with Crippen molar-refractivity contribution in [1.29, 1.82) is 0 Å². The van der Waals surface area contributed by atoms with Crippen molar-refractivity contribution in [3.8, 4) is 21.8 Å². The molecule has 5 aromatic rings. The van der Waals surface area contributed by atoms with Crippen molar-refractivity contribution in [2.24, 2.45) is 0 Å². The van der Waals surface area contributed by atoms with Crippen molar-refractivity contribution in [3.63, 3.8) is 0 Å². The van der Waals surface area contributed by atoms with Crippen LogP contribution in [0.15, 0.2) is 51.7 Å². The van der Waals surface area contributed by atoms with Crippen LogP contribution in [-0.2, 0) is 12.2 Å². The Bertz CT molecular complexity index is 1410. The molecule has 9 heteroatoms. The average molecular weight is 466 g/mol. The Morgan fingerprint density at radius 2 is 1.94 bits per heavy atom. The molecule has 0 saturated heterocycles. The molecule has 0 aliphatic carbocycles. The summed E-state index contributed by atoms with van der Waals surface area (Å²) in [6.07, 6.45) is 1.01. The lowest BCUT2D eigenvalue weighted by molar-refractivity contribution is 0.966. The quantitative estimate of drug-likeness (QED) is 0.316. The van der Waals surface area contributed by atoms with E-state index in [1.807, 2.05) is 17.5 Å². The number of thiophene rings is 2. The molecule has 5 rings (SSSR count). The van der Waals surface area contributed by atoms with Crippen LogP contribution in [0.25, 0.3) is 32.0 Å². The van der Waals surface area contributed by atoms with E-state index in [1.54, 1.807) is 11.3 Å². The molecule has 0 fully saturated rings. The van der Waals surface area contributed by atoms with Crippen LogP contribution in [-0.4, -0.2) is 25.1 Å². The number of nitrogens with one attached hydrogen (secondary N) is 2. The second-order valence-corrected chi connectivity index (χ2v) is 10.1. The van der Waals surface area contributed by atoms with Crippen LogP contribution in [0.5, 0.6) is 0 Å². The fourth-order valence-electron chi connectivity index (χ4n) is 3.29. The van der Waals surface area contributed by atoms with Gasteiger partial charge < -0.3 is 4.98 Å². The Morgan fingerprint density at radius 3 is 2.68 bits per heavy atom. The van der Waals surface area contributed by atoms with Crippen molar-refractivity contribution in [2.75, 3.05) is 0 Å². The van der Waals surface area contributed by atoms with Gasteiger partial charge in [0, 0.05) is 26.3 Å². The predicted octanol–water partition coefficient (Wildman–Crippen LogP) is 5.66. The van der Waals surface area contributed by atoms with Gasteiger partial charge in [-0.15, -0.1) is 27.8 Å². The highest BCUT2D eigenvalue weighted by Gasteiger charge is 2.15. The monoisotopic (exact) mass is 465 g/mol. The van der Waals surface area contributed by atoms with Gasteiger partial charge in [-0.05, 0) is 31.0 Å². The molecular weight excluding hydrogens is 446 g/mol. The van der Waals surface area contributed by atoms with E-state index in [-0.39, 0.29) is 5.56 Å². The number of hydrogen-bond acceptors (Lipinski definition) is 7. The standard InChI is InChI=1S/C22H19N5OS3/c1-3-13-5-7-14(8-6-13)19-25-22(27-26-19)30-11-17-23-20(28)18-15(10-29-21(18)24-17)16-9-4-12(2)31-16/h4-10H,3,11H2,1-2H3,(H,23,24,28)(H,25,26,27). The Hall–Kier alpha value is -2.75. The number of fused-ring (bicyclic) bond motifs is 1. The largest absolute Gasteiger partial charge is 0.309 e. The van der Waals surface area contributed by atoms with Crippen molar-refractivity contribution in [2.45, 2.75) is 31.2 Å². The molecule has 0 amide bonds. The summed E-state index contributed by atoms with van der Waals surface area (Å²) in [5.74, 6) is 1.84. The summed E-state index contributed by atoms with van der Waals surface area (Å²) >= 11 is 4.63. The zero-order valence-corrected chi connectivity index (χ0v) is 19.4. The fraction of sp³-hybridized carbons (Fsp3) is 0.182. The lowest BCUT2D eigenvalue weighted by Crippen LogP contribution is -2.10. The summed E-state index contributed by atoms with van der Waals surface area (Å²) < 4.78 is 0. The van der Waals surface area contributed by atoms with Gasteiger partial charge in [0.05, 0.1) is 11.1 Å². The number of hydrogen-bond donors (Lipinski definition) is 2. The van der Waals surface area contributed by atoms with Crippen molar-refractivity contribution in [3.05, 3.63) is 68.4 Å². The third kappa shape index (κ3) is 4.08. The van der Waals surface area contributed by atoms with Crippen LogP contribution >= 0.6 is 34.4 Å². The highest BCUT2D eigenvalue weighted by molar-refractivity contribution is 7.98. The summed E-state index contributed by atoms with van der Waals surface area (Å²) in [5.41, 5.74) is 3.14. The van der Waals surface area contributed by atoms with Gasteiger partial charge in [-0.3, -0.25) is 9.89 Å². The lowest BCUT2D eigenvalue weighted by Gasteiger charge is -2.00. The number of thioether (sulfide) groups is 1. The number of benzene rings is 1. The minimum Gasteiger partial charge on any atom is -0.309 e. The molecule has 31 heavy (non-hydrogen) atoms. The molecule has 6 nitrogen and oxygen atoms in total. The highest BCUT2D eigenvalue weighted by Crippen LogP contribution is 2.35. The van der Waals surface area contributed by atoms with Crippen LogP contribution < -0.4 is 5.56 Å². The molecule has 2 N–H and O–H groups in total. The molecule has 0 radical (unpaired) electrons. The third-order valence-corrected chi connectivity index (χ3v) is 7.70. The number of rotatable bonds is 6. The number of aryl methyl sites for hydroxylation is 2. The Kier molecular flexibility index (Phi) is 5.47. The molecular formula is C22H19N5OS3. The van der Waals surface area contributed by atoms with Crippen LogP contribution in [0.1, 0.15) is 23.2 Å². The summed E-state index contributed by atoms with van der Waals surface area (Å²) in [7, 11) is 0. The first-order valence-electron chi connectivity index (χ1n) is 9.82. The van der Waals surface area contributed by atoms with Gasteiger partial charge in [0.25, 0.3) is 5.56 Å². The van der Waals surface area contributed by atoms with E-state index in [2.05, 4.69) is 63.3 Å². The third-order valence-electron chi connectivity index (χ3n) is 4.94. The highest BCUT2D eigenvalue weighted by atomic mass is 32.2. The fourth-order valence-corrected chi connectivity index (χ4v) is 5.88. The summed E-state index contributed by atoms with van der Waals surface area (Å²) in [4.78, 5) is 28.0. The molecule has 156 valence electrons. The van der Waals surface area contributed by atoms with E-state index in [1.165, 1.54) is 33.5 Å². The summed E-state index contributed by atoms with van der Waals surface area (Å²) in [6, 6.07) is 12.4.